The van der Waals surface area contributed by atoms with Gasteiger partial charge in [0.15, 0.2) is 0 Å². The summed E-state index contributed by atoms with van der Waals surface area (Å²) in [5.41, 5.74) is 7.32. The van der Waals surface area contributed by atoms with Gasteiger partial charge in [0.1, 0.15) is 5.82 Å². The van der Waals surface area contributed by atoms with Gasteiger partial charge >= 0.3 is 0 Å². The molecule has 1 atom stereocenters. The first kappa shape index (κ1) is 14.4. The van der Waals surface area contributed by atoms with Crippen LogP contribution < -0.4 is 11.1 Å². The summed E-state index contributed by atoms with van der Waals surface area (Å²) in [5.74, 6) is -0.133. The number of carbonyl (C=O) groups is 1. The van der Waals surface area contributed by atoms with E-state index in [1.54, 1.807) is 6.07 Å². The number of aliphatic hydroxyl groups is 2. The summed E-state index contributed by atoms with van der Waals surface area (Å²) in [4.78, 5) is 15.6. The van der Waals surface area contributed by atoms with Crippen LogP contribution >= 0.6 is 0 Å². The fourth-order valence-corrected chi connectivity index (χ4v) is 1.48. The molecular weight excluding hydrogens is 234 g/mol. The Morgan fingerprint density at radius 3 is 2.78 bits per heavy atom. The van der Waals surface area contributed by atoms with Gasteiger partial charge in [-0.2, -0.15) is 0 Å². The Morgan fingerprint density at radius 2 is 2.22 bits per heavy atom. The highest BCUT2D eigenvalue weighted by molar-refractivity contribution is 5.97. The number of aliphatic hydroxyl groups excluding tert-OH is 2. The van der Waals surface area contributed by atoms with Gasteiger partial charge in [-0.1, -0.05) is 0 Å². The second-order valence-corrected chi connectivity index (χ2v) is 4.20. The molecule has 0 bridgehead atoms. The smallest absolute Gasteiger partial charge is 0.252 e. The van der Waals surface area contributed by atoms with E-state index in [0.29, 0.717) is 24.3 Å². The van der Waals surface area contributed by atoms with Crippen molar-refractivity contribution in [3.05, 3.63) is 22.9 Å². The maximum Gasteiger partial charge on any atom is 0.252 e. The zero-order valence-corrected chi connectivity index (χ0v) is 10.6. The van der Waals surface area contributed by atoms with Crippen molar-refractivity contribution in [1.29, 1.82) is 0 Å². The second-order valence-electron chi connectivity index (χ2n) is 4.20. The molecule has 0 saturated carbocycles. The average molecular weight is 253 g/mol. The Hall–Kier alpha value is -1.66. The van der Waals surface area contributed by atoms with E-state index in [-0.39, 0.29) is 6.61 Å². The molecule has 6 heteroatoms. The number of nitrogens with one attached hydrogen (secondary N) is 1. The standard InChI is InChI=1S/C12H19N3O3/c1-7-5-10(11(13)18)12(15-8(7)2)14-4-3-9(17)6-16/h5,9,16-17H,3-4,6H2,1-2H3,(H2,13,18)(H,14,15). The number of primary amides is 1. The number of hydrogen-bond donors (Lipinski definition) is 4. The Balaban J connectivity index is 2.80. The van der Waals surface area contributed by atoms with Gasteiger partial charge in [0, 0.05) is 12.2 Å². The van der Waals surface area contributed by atoms with Gasteiger partial charge in [-0.25, -0.2) is 4.98 Å². The van der Waals surface area contributed by atoms with Crippen LogP contribution in [0.2, 0.25) is 0 Å². The number of pyridine rings is 1. The molecule has 0 fully saturated rings. The monoisotopic (exact) mass is 253 g/mol. The minimum atomic E-state index is -0.777. The van der Waals surface area contributed by atoms with Crippen LogP contribution in [0.1, 0.15) is 28.0 Å². The van der Waals surface area contributed by atoms with Crippen LogP contribution in [0.4, 0.5) is 5.82 Å². The molecule has 0 aliphatic carbocycles. The third-order valence-corrected chi connectivity index (χ3v) is 2.71. The van der Waals surface area contributed by atoms with Crippen LogP contribution in [0.15, 0.2) is 6.07 Å². The van der Waals surface area contributed by atoms with Crippen LogP contribution in [-0.4, -0.2) is 40.4 Å². The van der Waals surface area contributed by atoms with Crippen LogP contribution in [0.5, 0.6) is 0 Å². The first-order valence-corrected chi connectivity index (χ1v) is 5.76. The average Bonchev–Trinajstić information content (AvgIpc) is 2.32. The van der Waals surface area contributed by atoms with Crippen molar-refractivity contribution in [1.82, 2.24) is 4.98 Å². The van der Waals surface area contributed by atoms with Crippen molar-refractivity contribution in [2.75, 3.05) is 18.5 Å². The van der Waals surface area contributed by atoms with Crippen molar-refractivity contribution in [2.24, 2.45) is 5.73 Å². The molecule has 6 nitrogen and oxygen atoms in total. The normalized spacial score (nSPS) is 12.2. The molecule has 0 saturated heterocycles. The van der Waals surface area contributed by atoms with Crippen molar-refractivity contribution in [2.45, 2.75) is 26.4 Å². The summed E-state index contributed by atoms with van der Waals surface area (Å²) in [7, 11) is 0. The molecule has 0 aliphatic heterocycles. The van der Waals surface area contributed by atoms with Gasteiger partial charge < -0.3 is 21.3 Å². The highest BCUT2D eigenvalue weighted by atomic mass is 16.3. The fourth-order valence-electron chi connectivity index (χ4n) is 1.48. The minimum Gasteiger partial charge on any atom is -0.394 e. The lowest BCUT2D eigenvalue weighted by atomic mass is 10.1. The molecule has 1 amide bonds. The summed E-state index contributed by atoms with van der Waals surface area (Å²) < 4.78 is 0. The summed E-state index contributed by atoms with van der Waals surface area (Å²) in [6.07, 6.45) is -0.412. The Bertz CT molecular complexity index is 435. The number of aryl methyl sites for hydroxylation is 2. The SMILES string of the molecule is Cc1cc(C(N)=O)c(NCCC(O)CO)nc1C. The highest BCUT2D eigenvalue weighted by Gasteiger charge is 2.12. The van der Waals surface area contributed by atoms with E-state index in [9.17, 15) is 9.90 Å². The van der Waals surface area contributed by atoms with E-state index < -0.39 is 12.0 Å². The van der Waals surface area contributed by atoms with E-state index in [2.05, 4.69) is 10.3 Å². The number of amides is 1. The van der Waals surface area contributed by atoms with Gasteiger partial charge in [0.2, 0.25) is 0 Å². The zero-order valence-electron chi connectivity index (χ0n) is 10.6. The number of nitrogens with zero attached hydrogens (tertiary/aromatic N) is 1. The first-order valence-electron chi connectivity index (χ1n) is 5.76. The Kier molecular flexibility index (Phi) is 5.06. The number of anilines is 1. The van der Waals surface area contributed by atoms with Crippen molar-refractivity contribution < 1.29 is 15.0 Å². The third-order valence-electron chi connectivity index (χ3n) is 2.71. The molecule has 100 valence electrons. The van der Waals surface area contributed by atoms with Crippen molar-refractivity contribution >= 4 is 11.7 Å². The third kappa shape index (κ3) is 3.68. The largest absolute Gasteiger partial charge is 0.394 e. The van der Waals surface area contributed by atoms with Gasteiger partial charge in [-0.05, 0) is 31.9 Å². The molecule has 18 heavy (non-hydrogen) atoms. The first-order chi connectivity index (χ1) is 8.45. The summed E-state index contributed by atoms with van der Waals surface area (Å²) in [6.45, 7) is 3.81. The lowest BCUT2D eigenvalue weighted by Gasteiger charge is -2.13. The van der Waals surface area contributed by atoms with E-state index in [4.69, 9.17) is 10.8 Å². The van der Waals surface area contributed by atoms with Crippen LogP contribution in [0.25, 0.3) is 0 Å². The molecular formula is C12H19N3O3. The zero-order chi connectivity index (χ0) is 13.7. The predicted octanol–water partition coefficient (Wildman–Crippen LogP) is -0.0475. The maximum atomic E-state index is 11.3. The maximum absolute atomic E-state index is 11.3. The van der Waals surface area contributed by atoms with Crippen LogP contribution in [0, 0.1) is 13.8 Å². The summed E-state index contributed by atoms with van der Waals surface area (Å²) in [5, 5.41) is 20.8. The highest BCUT2D eigenvalue weighted by Crippen LogP contribution is 2.16. The van der Waals surface area contributed by atoms with Crippen LogP contribution in [0.3, 0.4) is 0 Å². The van der Waals surface area contributed by atoms with E-state index in [1.807, 2.05) is 13.8 Å². The van der Waals surface area contributed by atoms with E-state index in [0.717, 1.165) is 11.3 Å². The number of aromatic nitrogens is 1. The van der Waals surface area contributed by atoms with Crippen molar-refractivity contribution in [3.8, 4) is 0 Å². The molecule has 0 aliphatic rings. The molecule has 0 radical (unpaired) electrons. The number of carbonyl (C=O) groups excluding carboxylic acids is 1. The molecule has 0 aromatic carbocycles. The predicted molar refractivity (Wildman–Crippen MR) is 68.4 cm³/mol. The molecule has 0 spiro atoms. The number of nitrogens with two attached hydrogens (primary N) is 1. The quantitative estimate of drug-likeness (QED) is 0.568. The van der Waals surface area contributed by atoms with Gasteiger partial charge in [0.25, 0.3) is 5.91 Å². The molecule has 5 N–H and O–H groups in total. The van der Waals surface area contributed by atoms with Crippen molar-refractivity contribution in [3.63, 3.8) is 0 Å². The topological polar surface area (TPSA) is 108 Å². The van der Waals surface area contributed by atoms with Crippen LogP contribution in [-0.2, 0) is 0 Å². The molecule has 1 unspecified atom stereocenters. The van der Waals surface area contributed by atoms with Gasteiger partial charge in [-0.15, -0.1) is 0 Å². The molecule has 1 rings (SSSR count). The number of hydrogen-bond acceptors (Lipinski definition) is 5. The van der Waals surface area contributed by atoms with Gasteiger partial charge in [-0.3, -0.25) is 4.79 Å². The Morgan fingerprint density at radius 1 is 1.56 bits per heavy atom. The Labute approximate surface area is 106 Å². The summed E-state index contributed by atoms with van der Waals surface area (Å²) >= 11 is 0. The fraction of sp³-hybridized carbons (Fsp3) is 0.500. The van der Waals surface area contributed by atoms with E-state index in [1.165, 1.54) is 0 Å². The van der Waals surface area contributed by atoms with E-state index >= 15 is 0 Å². The lowest BCUT2D eigenvalue weighted by molar-refractivity contribution is 0.0911. The minimum absolute atomic E-state index is 0.287. The molecule has 1 aromatic heterocycles. The van der Waals surface area contributed by atoms with Gasteiger partial charge in [0.05, 0.1) is 18.3 Å². The summed E-state index contributed by atoms with van der Waals surface area (Å²) in [6, 6.07) is 1.69. The molecule has 1 aromatic rings. The lowest BCUT2D eigenvalue weighted by Crippen LogP contribution is -2.20. The second kappa shape index (κ2) is 6.32. The number of rotatable bonds is 6. The molecule has 1 heterocycles.